The van der Waals surface area contributed by atoms with Gasteiger partial charge in [0.15, 0.2) is 5.69 Å². The molecule has 18 heavy (non-hydrogen) atoms. The third-order valence-corrected chi connectivity index (χ3v) is 3.14. The van der Waals surface area contributed by atoms with Gasteiger partial charge in [0.2, 0.25) is 5.88 Å². The molecular formula is C13H13N3O2. The van der Waals surface area contributed by atoms with E-state index in [9.17, 15) is 4.79 Å². The summed E-state index contributed by atoms with van der Waals surface area (Å²) < 4.78 is 5.56. The predicted octanol–water partition coefficient (Wildman–Crippen LogP) is 1.63. The van der Waals surface area contributed by atoms with Crippen LogP contribution in [-0.2, 0) is 12.8 Å². The van der Waals surface area contributed by atoms with Crippen molar-refractivity contribution in [3.8, 4) is 11.6 Å². The molecule has 1 heterocycles. The van der Waals surface area contributed by atoms with Crippen molar-refractivity contribution in [2.45, 2.75) is 19.3 Å². The number of hydrogen-bond donors (Lipinski definition) is 2. The molecule has 0 amide bonds. The van der Waals surface area contributed by atoms with Crippen LogP contribution in [0.4, 0.5) is 5.69 Å². The Kier molecular flexibility index (Phi) is 2.51. The van der Waals surface area contributed by atoms with Gasteiger partial charge in [-0.25, -0.2) is 4.98 Å². The Morgan fingerprint density at radius 1 is 1.28 bits per heavy atom. The van der Waals surface area contributed by atoms with Gasteiger partial charge in [-0.3, -0.25) is 4.79 Å². The number of benzene rings is 1. The maximum absolute atomic E-state index is 11.3. The van der Waals surface area contributed by atoms with Crippen LogP contribution in [0.3, 0.4) is 0 Å². The number of hydrogen-bond acceptors (Lipinski definition) is 4. The number of ether oxygens (including phenoxy) is 1. The Morgan fingerprint density at radius 3 is 3.00 bits per heavy atom. The van der Waals surface area contributed by atoms with E-state index in [0.717, 1.165) is 12.8 Å². The molecule has 0 saturated heterocycles. The van der Waals surface area contributed by atoms with Gasteiger partial charge in [-0.2, -0.15) is 0 Å². The summed E-state index contributed by atoms with van der Waals surface area (Å²) in [6.07, 6.45) is 4.66. The number of aromatic amines is 1. The zero-order valence-electron chi connectivity index (χ0n) is 9.77. The van der Waals surface area contributed by atoms with E-state index in [0.29, 0.717) is 5.75 Å². The van der Waals surface area contributed by atoms with Gasteiger partial charge in [0, 0.05) is 0 Å². The summed E-state index contributed by atoms with van der Waals surface area (Å²) >= 11 is 0. The number of H-pyrrole nitrogens is 1. The minimum absolute atomic E-state index is 0.00185. The van der Waals surface area contributed by atoms with E-state index < -0.39 is 0 Å². The second-order valence-electron chi connectivity index (χ2n) is 4.34. The minimum atomic E-state index is -0.388. The summed E-state index contributed by atoms with van der Waals surface area (Å²) in [5.74, 6) is 0.817. The molecule has 0 atom stereocenters. The average Bonchev–Trinajstić information content (AvgIpc) is 2.82. The van der Waals surface area contributed by atoms with Crippen molar-refractivity contribution in [2.75, 3.05) is 5.73 Å². The van der Waals surface area contributed by atoms with Crippen LogP contribution >= 0.6 is 0 Å². The topological polar surface area (TPSA) is 81.0 Å². The molecule has 0 fully saturated rings. The van der Waals surface area contributed by atoms with E-state index >= 15 is 0 Å². The van der Waals surface area contributed by atoms with E-state index in [2.05, 4.69) is 16.0 Å². The third-order valence-electron chi connectivity index (χ3n) is 3.14. The van der Waals surface area contributed by atoms with E-state index in [-0.39, 0.29) is 17.1 Å². The normalized spacial score (nSPS) is 13.3. The first-order valence-corrected chi connectivity index (χ1v) is 5.87. The van der Waals surface area contributed by atoms with E-state index in [1.165, 1.54) is 23.9 Å². The Morgan fingerprint density at radius 2 is 2.11 bits per heavy atom. The monoisotopic (exact) mass is 243 g/mol. The molecule has 2 aromatic rings. The molecule has 1 aliphatic carbocycles. The first-order chi connectivity index (χ1) is 8.74. The van der Waals surface area contributed by atoms with E-state index in [1.54, 1.807) is 0 Å². The Balaban J connectivity index is 1.93. The molecule has 0 radical (unpaired) electrons. The molecule has 0 saturated carbocycles. The van der Waals surface area contributed by atoms with Crippen LogP contribution in [0.5, 0.6) is 11.6 Å². The molecule has 1 aliphatic rings. The number of rotatable bonds is 2. The zero-order valence-corrected chi connectivity index (χ0v) is 9.77. The summed E-state index contributed by atoms with van der Waals surface area (Å²) in [5, 5.41) is 0. The highest BCUT2D eigenvalue weighted by atomic mass is 16.5. The van der Waals surface area contributed by atoms with Crippen molar-refractivity contribution in [3.63, 3.8) is 0 Å². The van der Waals surface area contributed by atoms with Crippen LogP contribution in [0.25, 0.3) is 0 Å². The highest BCUT2D eigenvalue weighted by Crippen LogP contribution is 2.29. The number of nitrogen functional groups attached to an aromatic ring is 1. The van der Waals surface area contributed by atoms with Crippen molar-refractivity contribution in [1.82, 2.24) is 9.97 Å². The summed E-state index contributed by atoms with van der Waals surface area (Å²) in [5.41, 5.74) is 7.89. The van der Waals surface area contributed by atoms with Gasteiger partial charge in [-0.05, 0) is 42.5 Å². The molecule has 1 aromatic heterocycles. The SMILES string of the molecule is Nc1c(Oc2ccc3c(c2)CCC3)nc[nH]c1=O. The van der Waals surface area contributed by atoms with Gasteiger partial charge in [-0.1, -0.05) is 6.07 Å². The van der Waals surface area contributed by atoms with Crippen LogP contribution in [0.1, 0.15) is 17.5 Å². The molecule has 0 spiro atoms. The van der Waals surface area contributed by atoms with Crippen molar-refractivity contribution in [3.05, 3.63) is 46.0 Å². The smallest absolute Gasteiger partial charge is 0.277 e. The fraction of sp³-hybridized carbons (Fsp3) is 0.231. The fourth-order valence-electron chi connectivity index (χ4n) is 2.20. The molecule has 3 N–H and O–H groups in total. The van der Waals surface area contributed by atoms with Crippen LogP contribution in [0.2, 0.25) is 0 Å². The molecular weight excluding hydrogens is 230 g/mol. The second-order valence-corrected chi connectivity index (χ2v) is 4.34. The fourth-order valence-corrected chi connectivity index (χ4v) is 2.20. The van der Waals surface area contributed by atoms with Gasteiger partial charge in [-0.15, -0.1) is 0 Å². The van der Waals surface area contributed by atoms with Crippen LogP contribution in [-0.4, -0.2) is 9.97 Å². The highest BCUT2D eigenvalue weighted by Gasteiger charge is 2.13. The van der Waals surface area contributed by atoms with Crippen LogP contribution in [0, 0.1) is 0 Å². The van der Waals surface area contributed by atoms with Gasteiger partial charge in [0.05, 0.1) is 6.33 Å². The maximum atomic E-state index is 11.3. The number of fused-ring (bicyclic) bond motifs is 1. The first kappa shape index (κ1) is 10.8. The molecule has 3 rings (SSSR count). The van der Waals surface area contributed by atoms with Crippen molar-refractivity contribution in [2.24, 2.45) is 0 Å². The molecule has 5 heteroatoms. The van der Waals surface area contributed by atoms with Gasteiger partial charge in [0.25, 0.3) is 5.56 Å². The van der Waals surface area contributed by atoms with Crippen molar-refractivity contribution < 1.29 is 4.74 Å². The number of anilines is 1. The number of nitrogens with one attached hydrogen (secondary N) is 1. The van der Waals surface area contributed by atoms with E-state index in [4.69, 9.17) is 10.5 Å². The van der Waals surface area contributed by atoms with Crippen LogP contribution in [0.15, 0.2) is 29.3 Å². The molecule has 0 aliphatic heterocycles. The second kappa shape index (κ2) is 4.18. The Hall–Kier alpha value is -2.30. The number of nitrogens with two attached hydrogens (primary N) is 1. The van der Waals surface area contributed by atoms with Crippen molar-refractivity contribution >= 4 is 5.69 Å². The summed E-state index contributed by atoms with van der Waals surface area (Å²) in [6.45, 7) is 0. The van der Waals surface area contributed by atoms with Gasteiger partial charge < -0.3 is 15.5 Å². The van der Waals surface area contributed by atoms with Crippen molar-refractivity contribution in [1.29, 1.82) is 0 Å². The lowest BCUT2D eigenvalue weighted by molar-refractivity contribution is 0.463. The molecule has 0 bridgehead atoms. The standard InChI is InChI=1S/C13H13N3O2/c14-11-12(17)15-7-16-13(11)18-10-5-4-8-2-1-3-9(8)6-10/h4-7H,1-3,14H2,(H,15,16,17). The highest BCUT2D eigenvalue weighted by molar-refractivity contribution is 5.48. The first-order valence-electron chi connectivity index (χ1n) is 5.87. The largest absolute Gasteiger partial charge is 0.437 e. The summed E-state index contributed by atoms with van der Waals surface area (Å²) in [6, 6.07) is 5.93. The molecule has 0 unspecified atom stereocenters. The number of aromatic nitrogens is 2. The zero-order chi connectivity index (χ0) is 12.5. The lowest BCUT2D eigenvalue weighted by Crippen LogP contribution is -2.13. The van der Waals surface area contributed by atoms with E-state index in [1.807, 2.05) is 12.1 Å². The lowest BCUT2D eigenvalue weighted by Gasteiger charge is -2.07. The summed E-state index contributed by atoms with van der Waals surface area (Å²) in [4.78, 5) is 17.6. The van der Waals surface area contributed by atoms with Gasteiger partial charge in [0.1, 0.15) is 5.75 Å². The Labute approximate surface area is 104 Å². The average molecular weight is 243 g/mol. The van der Waals surface area contributed by atoms with Crippen LogP contribution < -0.4 is 16.0 Å². The minimum Gasteiger partial charge on any atom is -0.437 e. The lowest BCUT2D eigenvalue weighted by atomic mass is 10.1. The molecule has 1 aromatic carbocycles. The summed E-state index contributed by atoms with van der Waals surface area (Å²) in [7, 11) is 0. The maximum Gasteiger partial charge on any atom is 0.277 e. The van der Waals surface area contributed by atoms with Gasteiger partial charge >= 0.3 is 0 Å². The molecule has 5 nitrogen and oxygen atoms in total. The molecule has 92 valence electrons. The number of nitrogens with zero attached hydrogens (tertiary/aromatic N) is 1. The quantitative estimate of drug-likeness (QED) is 0.840. The number of aryl methyl sites for hydroxylation is 2. The Bertz CT molecular complexity index is 649. The predicted molar refractivity (Wildman–Crippen MR) is 67.8 cm³/mol. The third kappa shape index (κ3) is 1.84.